The average molecular weight is 461 g/mol. The van der Waals surface area contributed by atoms with Gasteiger partial charge in [0.15, 0.2) is 0 Å². The standard InChI is InChI=1S/C26H24FN3O4/c1-15-7-5-6-8-22(15)30-25(28-21-11-10-18(33-3)14-19(21)26(31)32)24(16(2)29-30)20-13-17(27)9-12-23(20)34-4/h5-14,28H,1-4H3,(H,31,32). The number of rotatable bonds is 7. The number of hydrogen-bond donors (Lipinski definition) is 2. The maximum absolute atomic E-state index is 14.3. The van der Waals surface area contributed by atoms with E-state index in [0.29, 0.717) is 39.8 Å². The molecule has 1 heterocycles. The summed E-state index contributed by atoms with van der Waals surface area (Å²) in [6, 6.07) is 16.7. The molecule has 7 nitrogen and oxygen atoms in total. The Kier molecular flexibility index (Phi) is 6.23. The van der Waals surface area contributed by atoms with Crippen molar-refractivity contribution in [1.29, 1.82) is 0 Å². The quantitative estimate of drug-likeness (QED) is 0.364. The summed E-state index contributed by atoms with van der Waals surface area (Å²) in [5, 5.41) is 17.8. The molecule has 0 aliphatic rings. The molecule has 0 saturated carbocycles. The topological polar surface area (TPSA) is 85.6 Å². The smallest absolute Gasteiger partial charge is 0.337 e. The Morgan fingerprint density at radius 1 is 1.03 bits per heavy atom. The summed E-state index contributed by atoms with van der Waals surface area (Å²) < 4.78 is 26.7. The second-order valence-corrected chi connectivity index (χ2v) is 7.69. The van der Waals surface area contributed by atoms with Crippen LogP contribution in [0.3, 0.4) is 0 Å². The molecular weight excluding hydrogens is 437 g/mol. The number of halogens is 1. The van der Waals surface area contributed by atoms with Crippen LogP contribution >= 0.6 is 0 Å². The Morgan fingerprint density at radius 3 is 2.47 bits per heavy atom. The number of ether oxygens (including phenoxy) is 2. The maximum atomic E-state index is 14.3. The number of methoxy groups -OCH3 is 2. The Morgan fingerprint density at radius 2 is 1.79 bits per heavy atom. The van der Waals surface area contributed by atoms with Gasteiger partial charge in [-0.2, -0.15) is 5.10 Å². The van der Waals surface area contributed by atoms with Gasteiger partial charge in [0.2, 0.25) is 0 Å². The van der Waals surface area contributed by atoms with Crippen LogP contribution in [-0.2, 0) is 0 Å². The molecule has 0 spiro atoms. The van der Waals surface area contributed by atoms with Crippen LogP contribution in [0, 0.1) is 19.7 Å². The lowest BCUT2D eigenvalue weighted by atomic mass is 10.0. The fourth-order valence-corrected chi connectivity index (χ4v) is 3.88. The summed E-state index contributed by atoms with van der Waals surface area (Å²) in [5.74, 6) is -0.197. The molecule has 2 N–H and O–H groups in total. The molecule has 3 aromatic carbocycles. The number of nitrogens with one attached hydrogen (secondary N) is 1. The van der Waals surface area contributed by atoms with Gasteiger partial charge in [0.05, 0.1) is 42.4 Å². The van der Waals surface area contributed by atoms with Crippen molar-refractivity contribution in [3.8, 4) is 28.3 Å². The van der Waals surface area contributed by atoms with Crippen molar-refractivity contribution >= 4 is 17.5 Å². The van der Waals surface area contributed by atoms with E-state index in [9.17, 15) is 14.3 Å². The number of anilines is 2. The second-order valence-electron chi connectivity index (χ2n) is 7.69. The molecule has 4 aromatic rings. The summed E-state index contributed by atoms with van der Waals surface area (Å²) in [6.07, 6.45) is 0. The molecule has 34 heavy (non-hydrogen) atoms. The number of aromatic nitrogens is 2. The fourth-order valence-electron chi connectivity index (χ4n) is 3.88. The SMILES string of the molecule is COc1ccc(Nc2c(-c3cc(F)ccc3OC)c(C)nn2-c2ccccc2C)c(C(=O)O)c1. The highest BCUT2D eigenvalue weighted by Gasteiger charge is 2.24. The number of aryl methyl sites for hydroxylation is 2. The first-order valence-electron chi connectivity index (χ1n) is 10.5. The van der Waals surface area contributed by atoms with Gasteiger partial charge in [0.25, 0.3) is 0 Å². The van der Waals surface area contributed by atoms with E-state index in [1.807, 2.05) is 38.1 Å². The van der Waals surface area contributed by atoms with Crippen molar-refractivity contribution in [3.63, 3.8) is 0 Å². The van der Waals surface area contributed by atoms with Gasteiger partial charge >= 0.3 is 5.97 Å². The lowest BCUT2D eigenvalue weighted by molar-refractivity contribution is 0.0697. The lowest BCUT2D eigenvalue weighted by Gasteiger charge is -2.17. The normalized spacial score (nSPS) is 10.7. The average Bonchev–Trinajstić information content (AvgIpc) is 3.14. The number of para-hydroxylation sites is 1. The first-order chi connectivity index (χ1) is 16.3. The van der Waals surface area contributed by atoms with Gasteiger partial charge in [-0.05, 0) is 61.9 Å². The van der Waals surface area contributed by atoms with Crippen molar-refractivity contribution in [2.45, 2.75) is 13.8 Å². The third-order valence-electron chi connectivity index (χ3n) is 5.55. The molecule has 0 bridgehead atoms. The highest BCUT2D eigenvalue weighted by Crippen LogP contribution is 2.41. The minimum Gasteiger partial charge on any atom is -0.497 e. The van der Waals surface area contributed by atoms with Crippen molar-refractivity contribution in [2.75, 3.05) is 19.5 Å². The Balaban J connectivity index is 2.00. The monoisotopic (exact) mass is 461 g/mol. The molecule has 0 aliphatic carbocycles. The number of carboxylic acids is 1. The predicted molar refractivity (Wildman–Crippen MR) is 128 cm³/mol. The van der Waals surface area contributed by atoms with E-state index in [0.717, 1.165) is 11.3 Å². The van der Waals surface area contributed by atoms with Crippen molar-refractivity contribution < 1.29 is 23.8 Å². The molecule has 0 amide bonds. The van der Waals surface area contributed by atoms with Crippen LogP contribution in [0.5, 0.6) is 11.5 Å². The highest BCUT2D eigenvalue weighted by molar-refractivity contribution is 5.97. The van der Waals surface area contributed by atoms with Crippen LogP contribution in [0.2, 0.25) is 0 Å². The van der Waals surface area contributed by atoms with Crippen LogP contribution in [0.4, 0.5) is 15.9 Å². The molecule has 0 radical (unpaired) electrons. The summed E-state index contributed by atoms with van der Waals surface area (Å²) in [4.78, 5) is 12.0. The van der Waals surface area contributed by atoms with Gasteiger partial charge in [0, 0.05) is 5.56 Å². The van der Waals surface area contributed by atoms with Gasteiger partial charge in [-0.1, -0.05) is 18.2 Å². The van der Waals surface area contributed by atoms with Crippen LogP contribution in [0.15, 0.2) is 60.7 Å². The molecule has 1 aromatic heterocycles. The number of nitrogens with zero attached hydrogens (tertiary/aromatic N) is 2. The first-order valence-corrected chi connectivity index (χ1v) is 10.5. The molecule has 4 rings (SSSR count). The van der Waals surface area contributed by atoms with Crippen molar-refractivity contribution in [2.24, 2.45) is 0 Å². The van der Waals surface area contributed by atoms with E-state index in [1.165, 1.54) is 32.4 Å². The van der Waals surface area contributed by atoms with Gasteiger partial charge in [-0.3, -0.25) is 0 Å². The van der Waals surface area contributed by atoms with Crippen LogP contribution in [0.25, 0.3) is 16.8 Å². The van der Waals surface area contributed by atoms with E-state index in [-0.39, 0.29) is 5.56 Å². The Hall–Kier alpha value is -4.33. The van der Waals surface area contributed by atoms with E-state index < -0.39 is 11.8 Å². The van der Waals surface area contributed by atoms with Gasteiger partial charge in [0.1, 0.15) is 23.1 Å². The summed E-state index contributed by atoms with van der Waals surface area (Å²) in [6.45, 7) is 3.76. The molecular formula is C26H24FN3O4. The predicted octanol–water partition coefficient (Wildman–Crippen LogP) is 5.75. The largest absolute Gasteiger partial charge is 0.497 e. The third kappa shape index (κ3) is 4.17. The van der Waals surface area contributed by atoms with Gasteiger partial charge in [-0.15, -0.1) is 0 Å². The van der Waals surface area contributed by atoms with Crippen molar-refractivity contribution in [1.82, 2.24) is 9.78 Å². The molecule has 0 saturated heterocycles. The Bertz CT molecular complexity index is 1380. The first kappa shape index (κ1) is 22.8. The van der Waals surface area contributed by atoms with Crippen LogP contribution in [0.1, 0.15) is 21.6 Å². The van der Waals surface area contributed by atoms with E-state index in [1.54, 1.807) is 22.9 Å². The molecule has 0 fully saturated rings. The molecule has 0 atom stereocenters. The van der Waals surface area contributed by atoms with Crippen LogP contribution in [-0.4, -0.2) is 35.1 Å². The zero-order valence-corrected chi connectivity index (χ0v) is 19.2. The van der Waals surface area contributed by atoms with Crippen LogP contribution < -0.4 is 14.8 Å². The summed E-state index contributed by atoms with van der Waals surface area (Å²) in [5.41, 5.74) is 3.80. The molecule has 0 aliphatic heterocycles. The summed E-state index contributed by atoms with van der Waals surface area (Å²) >= 11 is 0. The Labute approximate surface area is 196 Å². The maximum Gasteiger partial charge on any atom is 0.337 e. The minimum atomic E-state index is -1.12. The lowest BCUT2D eigenvalue weighted by Crippen LogP contribution is -2.08. The fraction of sp³-hybridized carbons (Fsp3) is 0.154. The minimum absolute atomic E-state index is 0.0201. The zero-order valence-electron chi connectivity index (χ0n) is 19.2. The molecule has 174 valence electrons. The zero-order chi connectivity index (χ0) is 24.4. The summed E-state index contributed by atoms with van der Waals surface area (Å²) in [7, 11) is 2.98. The van der Waals surface area contributed by atoms with E-state index in [2.05, 4.69) is 5.32 Å². The number of carboxylic acid groups (broad SMARTS) is 1. The number of hydrogen-bond acceptors (Lipinski definition) is 5. The number of aromatic carboxylic acids is 1. The van der Waals surface area contributed by atoms with Gasteiger partial charge in [-0.25, -0.2) is 13.9 Å². The number of carbonyl (C=O) groups is 1. The van der Waals surface area contributed by atoms with E-state index in [4.69, 9.17) is 14.6 Å². The number of benzene rings is 3. The van der Waals surface area contributed by atoms with Gasteiger partial charge < -0.3 is 19.9 Å². The van der Waals surface area contributed by atoms with Crippen molar-refractivity contribution in [3.05, 3.63) is 83.3 Å². The second kappa shape index (κ2) is 9.27. The third-order valence-corrected chi connectivity index (χ3v) is 5.55. The molecule has 8 heteroatoms. The highest BCUT2D eigenvalue weighted by atomic mass is 19.1. The van der Waals surface area contributed by atoms with E-state index >= 15 is 0 Å². The molecule has 0 unspecified atom stereocenters.